The SMILES string of the molecule is N#Cc1c(Cc2ccccc2F)nn(Cc2ccc(Cl)cc2)c1N. The van der Waals surface area contributed by atoms with Crippen molar-refractivity contribution in [3.05, 3.63) is 81.8 Å². The van der Waals surface area contributed by atoms with E-state index in [0.29, 0.717) is 22.8 Å². The van der Waals surface area contributed by atoms with Gasteiger partial charge in [-0.2, -0.15) is 10.4 Å². The van der Waals surface area contributed by atoms with Gasteiger partial charge in [0, 0.05) is 11.4 Å². The molecule has 24 heavy (non-hydrogen) atoms. The number of nitrogen functional groups attached to an aromatic ring is 1. The molecular formula is C18H14ClFN4. The van der Waals surface area contributed by atoms with E-state index in [1.54, 1.807) is 35.0 Å². The van der Waals surface area contributed by atoms with Gasteiger partial charge in [-0.25, -0.2) is 9.07 Å². The summed E-state index contributed by atoms with van der Waals surface area (Å²) < 4.78 is 15.4. The van der Waals surface area contributed by atoms with Crippen molar-refractivity contribution in [3.8, 4) is 6.07 Å². The molecule has 120 valence electrons. The van der Waals surface area contributed by atoms with Crippen molar-refractivity contribution in [2.75, 3.05) is 5.73 Å². The van der Waals surface area contributed by atoms with Gasteiger partial charge in [0.1, 0.15) is 23.3 Å². The zero-order valence-corrected chi connectivity index (χ0v) is 13.5. The van der Waals surface area contributed by atoms with Gasteiger partial charge in [0.2, 0.25) is 0 Å². The second kappa shape index (κ2) is 6.73. The third-order valence-corrected chi connectivity index (χ3v) is 3.99. The molecule has 0 spiro atoms. The minimum absolute atomic E-state index is 0.216. The van der Waals surface area contributed by atoms with E-state index in [1.807, 2.05) is 12.1 Å². The third-order valence-electron chi connectivity index (χ3n) is 3.74. The molecule has 0 radical (unpaired) electrons. The molecule has 6 heteroatoms. The van der Waals surface area contributed by atoms with Crippen LogP contribution in [0.5, 0.6) is 0 Å². The Morgan fingerprint density at radius 3 is 2.54 bits per heavy atom. The second-order valence-electron chi connectivity index (χ2n) is 5.37. The van der Waals surface area contributed by atoms with Crippen LogP contribution >= 0.6 is 11.6 Å². The molecule has 0 bridgehead atoms. The first kappa shape index (κ1) is 16.0. The maximum absolute atomic E-state index is 13.8. The van der Waals surface area contributed by atoms with Crippen LogP contribution < -0.4 is 5.73 Å². The van der Waals surface area contributed by atoms with Crippen LogP contribution in [-0.4, -0.2) is 9.78 Å². The number of hydrogen-bond donors (Lipinski definition) is 1. The van der Waals surface area contributed by atoms with Crippen LogP contribution in [0.4, 0.5) is 10.2 Å². The third kappa shape index (κ3) is 3.24. The molecule has 4 nitrogen and oxygen atoms in total. The quantitative estimate of drug-likeness (QED) is 0.786. The molecule has 1 heterocycles. The van der Waals surface area contributed by atoms with Gasteiger partial charge in [0.15, 0.2) is 0 Å². The highest BCUT2D eigenvalue weighted by molar-refractivity contribution is 6.30. The monoisotopic (exact) mass is 340 g/mol. The number of aromatic nitrogens is 2. The zero-order valence-electron chi connectivity index (χ0n) is 12.7. The Labute approximate surface area is 143 Å². The fourth-order valence-corrected chi connectivity index (χ4v) is 2.60. The van der Waals surface area contributed by atoms with E-state index in [9.17, 15) is 9.65 Å². The lowest BCUT2D eigenvalue weighted by Crippen LogP contribution is -2.06. The summed E-state index contributed by atoms with van der Waals surface area (Å²) >= 11 is 5.88. The standard InChI is InChI=1S/C18H14ClFN4/c19-14-7-5-12(6-8-14)11-24-18(22)15(10-21)17(23-24)9-13-3-1-2-4-16(13)20/h1-8H,9,11,22H2. The highest BCUT2D eigenvalue weighted by Crippen LogP contribution is 2.21. The summed E-state index contributed by atoms with van der Waals surface area (Å²) in [7, 11) is 0. The smallest absolute Gasteiger partial charge is 0.140 e. The molecule has 0 amide bonds. The van der Waals surface area contributed by atoms with E-state index in [0.717, 1.165) is 5.56 Å². The van der Waals surface area contributed by atoms with Crippen LogP contribution in [0.25, 0.3) is 0 Å². The summed E-state index contributed by atoms with van der Waals surface area (Å²) in [4.78, 5) is 0. The summed E-state index contributed by atoms with van der Waals surface area (Å²) in [6, 6.07) is 15.8. The normalized spacial score (nSPS) is 10.5. The molecule has 2 N–H and O–H groups in total. The largest absolute Gasteiger partial charge is 0.383 e. The van der Waals surface area contributed by atoms with Crippen LogP contribution in [0.3, 0.4) is 0 Å². The van der Waals surface area contributed by atoms with Crippen LogP contribution in [-0.2, 0) is 13.0 Å². The van der Waals surface area contributed by atoms with E-state index >= 15 is 0 Å². The van der Waals surface area contributed by atoms with Crippen molar-refractivity contribution in [2.24, 2.45) is 0 Å². The number of nitriles is 1. The molecule has 0 aliphatic heterocycles. The number of nitrogens with two attached hydrogens (primary N) is 1. The topological polar surface area (TPSA) is 67.6 Å². The van der Waals surface area contributed by atoms with Crippen LogP contribution in [0.15, 0.2) is 48.5 Å². The zero-order chi connectivity index (χ0) is 17.1. The highest BCUT2D eigenvalue weighted by atomic mass is 35.5. The summed E-state index contributed by atoms with van der Waals surface area (Å²) in [6.45, 7) is 0.412. The van der Waals surface area contributed by atoms with Crippen molar-refractivity contribution in [3.63, 3.8) is 0 Å². The lowest BCUT2D eigenvalue weighted by molar-refractivity contribution is 0.611. The molecule has 0 saturated carbocycles. The van der Waals surface area contributed by atoms with Crippen molar-refractivity contribution >= 4 is 17.4 Å². The maximum Gasteiger partial charge on any atom is 0.140 e. The molecule has 0 aliphatic rings. The molecule has 0 unspecified atom stereocenters. The van der Waals surface area contributed by atoms with Crippen molar-refractivity contribution in [2.45, 2.75) is 13.0 Å². The van der Waals surface area contributed by atoms with E-state index in [2.05, 4.69) is 11.2 Å². The lowest BCUT2D eigenvalue weighted by Gasteiger charge is -2.04. The van der Waals surface area contributed by atoms with E-state index in [4.69, 9.17) is 17.3 Å². The van der Waals surface area contributed by atoms with Gasteiger partial charge >= 0.3 is 0 Å². The number of rotatable bonds is 4. The first-order valence-electron chi connectivity index (χ1n) is 7.31. The molecule has 3 aromatic rings. The Balaban J connectivity index is 1.92. The van der Waals surface area contributed by atoms with Gasteiger partial charge < -0.3 is 5.73 Å². The van der Waals surface area contributed by atoms with Crippen molar-refractivity contribution in [1.29, 1.82) is 5.26 Å². The van der Waals surface area contributed by atoms with E-state index < -0.39 is 0 Å². The van der Waals surface area contributed by atoms with Gasteiger partial charge in [-0.3, -0.25) is 0 Å². The second-order valence-corrected chi connectivity index (χ2v) is 5.81. The Morgan fingerprint density at radius 1 is 1.17 bits per heavy atom. The van der Waals surface area contributed by atoms with Gasteiger partial charge in [-0.15, -0.1) is 0 Å². The number of anilines is 1. The van der Waals surface area contributed by atoms with Crippen LogP contribution in [0, 0.1) is 17.1 Å². The number of hydrogen-bond acceptors (Lipinski definition) is 3. The van der Waals surface area contributed by atoms with Crippen molar-refractivity contribution < 1.29 is 4.39 Å². The molecule has 0 atom stereocenters. The van der Waals surface area contributed by atoms with Gasteiger partial charge in [0.25, 0.3) is 0 Å². The van der Waals surface area contributed by atoms with E-state index in [-0.39, 0.29) is 23.6 Å². The van der Waals surface area contributed by atoms with Gasteiger partial charge in [-0.05, 0) is 29.3 Å². The lowest BCUT2D eigenvalue weighted by atomic mass is 10.1. The highest BCUT2D eigenvalue weighted by Gasteiger charge is 2.17. The summed E-state index contributed by atoms with van der Waals surface area (Å²) in [5, 5.41) is 14.4. The Bertz CT molecular complexity index is 910. The van der Waals surface area contributed by atoms with E-state index in [1.165, 1.54) is 6.07 Å². The predicted molar refractivity (Wildman–Crippen MR) is 91.1 cm³/mol. The van der Waals surface area contributed by atoms with Gasteiger partial charge in [0.05, 0.1) is 12.2 Å². The van der Waals surface area contributed by atoms with Crippen LogP contribution in [0.2, 0.25) is 5.02 Å². The van der Waals surface area contributed by atoms with Crippen molar-refractivity contribution in [1.82, 2.24) is 9.78 Å². The summed E-state index contributed by atoms with van der Waals surface area (Å²) in [6.07, 6.45) is 0.216. The fourth-order valence-electron chi connectivity index (χ4n) is 2.48. The average molecular weight is 341 g/mol. The molecule has 0 saturated heterocycles. The number of halogens is 2. The minimum Gasteiger partial charge on any atom is -0.383 e. The molecule has 0 fully saturated rings. The summed E-state index contributed by atoms with van der Waals surface area (Å²) in [5.74, 6) is -0.0500. The molecule has 2 aromatic carbocycles. The molecule has 3 rings (SSSR count). The number of benzene rings is 2. The Morgan fingerprint density at radius 2 is 1.88 bits per heavy atom. The minimum atomic E-state index is -0.327. The Kier molecular flexibility index (Phi) is 4.50. The maximum atomic E-state index is 13.8. The Hall–Kier alpha value is -2.84. The van der Waals surface area contributed by atoms with Crippen LogP contribution in [0.1, 0.15) is 22.4 Å². The molecule has 1 aromatic heterocycles. The first-order chi connectivity index (χ1) is 11.6. The predicted octanol–water partition coefficient (Wildman–Crippen LogP) is 3.77. The summed E-state index contributed by atoms with van der Waals surface area (Å²) in [5.41, 5.74) is 8.22. The fraction of sp³-hybridized carbons (Fsp3) is 0.111. The number of nitrogens with zero attached hydrogens (tertiary/aromatic N) is 3. The average Bonchev–Trinajstić information content (AvgIpc) is 2.87. The van der Waals surface area contributed by atoms with Gasteiger partial charge in [-0.1, -0.05) is 41.9 Å². The molecule has 0 aliphatic carbocycles. The first-order valence-corrected chi connectivity index (χ1v) is 7.69. The molecular weight excluding hydrogens is 327 g/mol.